The molecule has 1 aromatic heterocycles. The van der Waals surface area contributed by atoms with Crippen molar-refractivity contribution in [2.45, 2.75) is 38.1 Å². The number of nitrogens with zero attached hydrogens (tertiary/aromatic N) is 2. The molecule has 38 heavy (non-hydrogen) atoms. The van der Waals surface area contributed by atoms with E-state index in [0.717, 1.165) is 15.8 Å². The summed E-state index contributed by atoms with van der Waals surface area (Å²) >= 11 is 7.15. The number of sulfonamides is 1. The van der Waals surface area contributed by atoms with Gasteiger partial charge in [0, 0.05) is 16.3 Å². The number of esters is 1. The minimum absolute atomic E-state index is 0.0365. The maximum atomic E-state index is 13.2. The third-order valence-corrected chi connectivity index (χ3v) is 8.34. The van der Waals surface area contributed by atoms with Gasteiger partial charge >= 0.3 is 5.97 Å². The normalized spacial score (nSPS) is 12.2. The molecular weight excluding hydrogens is 546 g/mol. The van der Waals surface area contributed by atoms with Gasteiger partial charge in [-0.25, -0.2) is 8.42 Å². The van der Waals surface area contributed by atoms with Crippen molar-refractivity contribution in [2.24, 2.45) is 4.99 Å². The Morgan fingerprint density at radius 3 is 2.50 bits per heavy atom. The first-order chi connectivity index (χ1) is 18.1. The number of benzene rings is 3. The summed E-state index contributed by atoms with van der Waals surface area (Å²) in [7, 11) is -3.89. The molecule has 3 aromatic carbocycles. The lowest BCUT2D eigenvalue weighted by atomic mass is 10.0. The smallest absolute Gasteiger partial charge is 0.326 e. The molecule has 4 aromatic rings. The highest BCUT2D eigenvalue weighted by Crippen LogP contribution is 2.24. The number of ether oxygens (including phenoxy) is 1. The lowest BCUT2D eigenvalue weighted by Gasteiger charge is -2.09. The lowest BCUT2D eigenvalue weighted by Crippen LogP contribution is -2.23. The van der Waals surface area contributed by atoms with E-state index in [1.54, 1.807) is 23.6 Å². The van der Waals surface area contributed by atoms with Crippen LogP contribution in [-0.2, 0) is 26.1 Å². The summed E-state index contributed by atoms with van der Waals surface area (Å²) in [5, 5.41) is 0.417. The Balaban J connectivity index is 1.70. The van der Waals surface area contributed by atoms with Crippen LogP contribution in [0.15, 0.2) is 76.6 Å². The van der Waals surface area contributed by atoms with E-state index in [2.05, 4.69) is 23.6 Å². The van der Waals surface area contributed by atoms with E-state index in [-0.39, 0.29) is 29.3 Å². The Morgan fingerprint density at radius 2 is 1.82 bits per heavy atom. The SMILES string of the molecule is CCOC(=O)Cn1c(=NC(=O)c2cccc(NS(=O)(=O)c3ccc(Cl)cc3)c2)sc2cc(C(C)C)ccc21. The van der Waals surface area contributed by atoms with Crippen LogP contribution in [0, 0.1) is 0 Å². The molecule has 11 heteroatoms. The van der Waals surface area contributed by atoms with Crippen LogP contribution in [0.25, 0.3) is 10.2 Å². The maximum absolute atomic E-state index is 13.2. The topological polar surface area (TPSA) is 107 Å². The van der Waals surface area contributed by atoms with Crippen molar-refractivity contribution in [3.05, 3.63) is 87.7 Å². The zero-order valence-electron chi connectivity index (χ0n) is 21.0. The van der Waals surface area contributed by atoms with Gasteiger partial charge < -0.3 is 9.30 Å². The number of nitrogens with one attached hydrogen (secondary N) is 1. The first-order valence-electron chi connectivity index (χ1n) is 11.8. The summed E-state index contributed by atoms with van der Waals surface area (Å²) in [5.74, 6) is -0.708. The summed E-state index contributed by atoms with van der Waals surface area (Å²) in [5.41, 5.74) is 2.28. The van der Waals surface area contributed by atoms with Crippen LogP contribution in [-0.4, -0.2) is 31.5 Å². The Labute approximate surface area is 229 Å². The van der Waals surface area contributed by atoms with Crippen molar-refractivity contribution >= 4 is 60.7 Å². The van der Waals surface area contributed by atoms with Crippen molar-refractivity contribution in [2.75, 3.05) is 11.3 Å². The summed E-state index contributed by atoms with van der Waals surface area (Å²) in [4.78, 5) is 30.2. The summed E-state index contributed by atoms with van der Waals surface area (Å²) in [6.07, 6.45) is 0. The van der Waals surface area contributed by atoms with Gasteiger partial charge in [0.2, 0.25) is 0 Å². The fourth-order valence-electron chi connectivity index (χ4n) is 3.72. The molecule has 0 fully saturated rings. The third-order valence-electron chi connectivity index (χ3n) is 5.65. The van der Waals surface area contributed by atoms with E-state index in [0.29, 0.717) is 15.7 Å². The van der Waals surface area contributed by atoms with Gasteiger partial charge in [0.05, 0.1) is 21.7 Å². The molecule has 0 spiro atoms. The van der Waals surface area contributed by atoms with E-state index in [4.69, 9.17) is 16.3 Å². The molecule has 1 N–H and O–H groups in total. The van der Waals surface area contributed by atoms with Crippen molar-refractivity contribution < 1.29 is 22.7 Å². The van der Waals surface area contributed by atoms with E-state index in [1.165, 1.54) is 47.7 Å². The van der Waals surface area contributed by atoms with Crippen LogP contribution in [0.3, 0.4) is 0 Å². The number of hydrogen-bond donors (Lipinski definition) is 1. The number of carbonyl (C=O) groups is 2. The predicted molar refractivity (Wildman–Crippen MR) is 149 cm³/mol. The molecule has 0 aliphatic carbocycles. The van der Waals surface area contributed by atoms with Gasteiger partial charge in [0.25, 0.3) is 15.9 Å². The van der Waals surface area contributed by atoms with Gasteiger partial charge in [-0.3, -0.25) is 14.3 Å². The van der Waals surface area contributed by atoms with Gasteiger partial charge in [-0.1, -0.05) is 48.9 Å². The van der Waals surface area contributed by atoms with Gasteiger partial charge in [0.15, 0.2) is 4.80 Å². The zero-order chi connectivity index (χ0) is 27.4. The summed E-state index contributed by atoms with van der Waals surface area (Å²) in [6, 6.07) is 17.7. The van der Waals surface area contributed by atoms with E-state index in [1.807, 2.05) is 18.2 Å². The van der Waals surface area contributed by atoms with Gasteiger partial charge in [-0.05, 0) is 73.0 Å². The minimum atomic E-state index is -3.89. The average molecular weight is 572 g/mol. The second-order valence-corrected chi connectivity index (χ2v) is 11.8. The predicted octanol–water partition coefficient (Wildman–Crippen LogP) is 5.58. The number of carbonyl (C=O) groups excluding carboxylic acids is 2. The first-order valence-corrected chi connectivity index (χ1v) is 14.5. The Morgan fingerprint density at radius 1 is 1.08 bits per heavy atom. The van der Waals surface area contributed by atoms with E-state index in [9.17, 15) is 18.0 Å². The molecule has 0 unspecified atom stereocenters. The van der Waals surface area contributed by atoms with E-state index >= 15 is 0 Å². The average Bonchev–Trinajstić information content (AvgIpc) is 3.20. The highest BCUT2D eigenvalue weighted by Gasteiger charge is 2.17. The van der Waals surface area contributed by atoms with Gasteiger partial charge in [-0.2, -0.15) is 4.99 Å². The van der Waals surface area contributed by atoms with Crippen molar-refractivity contribution in [1.82, 2.24) is 4.57 Å². The molecule has 198 valence electrons. The van der Waals surface area contributed by atoms with Crippen molar-refractivity contribution in [1.29, 1.82) is 0 Å². The molecule has 0 aliphatic rings. The molecular formula is C27H26ClN3O5S2. The highest BCUT2D eigenvalue weighted by atomic mass is 35.5. The number of thiazole rings is 1. The summed E-state index contributed by atoms with van der Waals surface area (Å²) < 4.78 is 35.6. The van der Waals surface area contributed by atoms with Crippen LogP contribution in [0.1, 0.15) is 42.6 Å². The van der Waals surface area contributed by atoms with Gasteiger partial charge in [0.1, 0.15) is 6.54 Å². The van der Waals surface area contributed by atoms with Crippen LogP contribution in [0.5, 0.6) is 0 Å². The first kappa shape index (κ1) is 27.6. The number of fused-ring (bicyclic) bond motifs is 1. The van der Waals surface area contributed by atoms with Crippen molar-refractivity contribution in [3.63, 3.8) is 0 Å². The fraction of sp³-hybridized carbons (Fsp3) is 0.222. The molecule has 0 saturated carbocycles. The summed E-state index contributed by atoms with van der Waals surface area (Å²) in [6.45, 7) is 6.05. The van der Waals surface area contributed by atoms with Crippen LogP contribution < -0.4 is 9.52 Å². The number of aromatic nitrogens is 1. The quantitative estimate of drug-likeness (QED) is 0.278. The van der Waals surface area contributed by atoms with E-state index < -0.39 is 21.9 Å². The number of rotatable bonds is 8. The van der Waals surface area contributed by atoms with Crippen LogP contribution in [0.4, 0.5) is 5.69 Å². The third kappa shape index (κ3) is 6.32. The maximum Gasteiger partial charge on any atom is 0.326 e. The molecule has 8 nitrogen and oxygen atoms in total. The largest absolute Gasteiger partial charge is 0.465 e. The molecule has 4 rings (SSSR count). The molecule has 0 bridgehead atoms. The standard InChI is InChI=1S/C27H26ClN3O5S2/c1-4-36-25(32)16-31-23-13-8-18(17(2)3)15-24(23)37-27(31)29-26(33)19-6-5-7-21(14-19)30-38(34,35)22-11-9-20(28)10-12-22/h5-15,17,30H,4,16H2,1-3H3. The number of halogens is 1. The molecule has 0 aliphatic heterocycles. The zero-order valence-corrected chi connectivity index (χ0v) is 23.4. The molecule has 0 saturated heterocycles. The Bertz CT molecular complexity index is 1670. The Hall–Kier alpha value is -3.47. The fourth-order valence-corrected chi connectivity index (χ4v) is 5.97. The van der Waals surface area contributed by atoms with Crippen LogP contribution >= 0.6 is 22.9 Å². The Kier molecular flexibility index (Phi) is 8.35. The number of amides is 1. The molecule has 1 amide bonds. The second-order valence-electron chi connectivity index (χ2n) is 8.71. The van der Waals surface area contributed by atoms with Crippen LogP contribution in [0.2, 0.25) is 5.02 Å². The number of hydrogen-bond acceptors (Lipinski definition) is 6. The van der Waals surface area contributed by atoms with Gasteiger partial charge in [-0.15, -0.1) is 0 Å². The monoisotopic (exact) mass is 571 g/mol. The number of anilines is 1. The van der Waals surface area contributed by atoms with Crippen molar-refractivity contribution in [3.8, 4) is 0 Å². The lowest BCUT2D eigenvalue weighted by molar-refractivity contribution is -0.143. The minimum Gasteiger partial charge on any atom is -0.465 e. The second kappa shape index (κ2) is 11.5. The molecule has 0 atom stereocenters. The molecule has 0 radical (unpaired) electrons. The molecule has 1 heterocycles. The highest BCUT2D eigenvalue weighted by molar-refractivity contribution is 7.92.